The number of nitrogens with zero attached hydrogens (tertiary/aromatic N) is 1. The monoisotopic (exact) mass is 352 g/mol. The molecular weight excluding hydrogens is 332 g/mol. The lowest BCUT2D eigenvalue weighted by atomic mass is 10.1. The summed E-state index contributed by atoms with van der Waals surface area (Å²) in [5.41, 5.74) is 2.74. The van der Waals surface area contributed by atoms with Gasteiger partial charge in [0.15, 0.2) is 0 Å². The topological polar surface area (TPSA) is 66.5 Å². The quantitative estimate of drug-likeness (QED) is 0.898. The first-order chi connectivity index (χ1) is 10.8. The second kappa shape index (κ2) is 6.82. The highest BCUT2D eigenvalue weighted by atomic mass is 32.2. The van der Waals surface area contributed by atoms with Gasteiger partial charge in [-0.05, 0) is 37.1 Å². The summed E-state index contributed by atoms with van der Waals surface area (Å²) < 4.78 is 25.8. The maximum atomic E-state index is 12.3. The number of nitrogens with one attached hydrogen (secondary N) is 1. The van der Waals surface area contributed by atoms with Gasteiger partial charge in [0.1, 0.15) is 0 Å². The van der Waals surface area contributed by atoms with Crippen molar-refractivity contribution >= 4 is 33.0 Å². The lowest BCUT2D eigenvalue weighted by molar-refractivity contribution is 0.103. The van der Waals surface area contributed by atoms with Crippen LogP contribution in [0.4, 0.5) is 5.69 Å². The summed E-state index contributed by atoms with van der Waals surface area (Å²) in [6.45, 7) is 6.00. The smallest absolute Gasteiger partial charge is 0.265 e. The van der Waals surface area contributed by atoms with Gasteiger partial charge in [-0.2, -0.15) is 0 Å². The fourth-order valence-corrected chi connectivity index (χ4v) is 4.31. The molecule has 0 aliphatic rings. The lowest BCUT2D eigenvalue weighted by Crippen LogP contribution is -2.26. The summed E-state index contributed by atoms with van der Waals surface area (Å²) >= 11 is 1.12. The second-order valence-electron chi connectivity index (χ2n) is 5.34. The molecule has 124 valence electrons. The van der Waals surface area contributed by atoms with Crippen molar-refractivity contribution in [1.82, 2.24) is 4.31 Å². The molecule has 0 atom stereocenters. The maximum Gasteiger partial charge on any atom is 0.265 e. The van der Waals surface area contributed by atoms with Gasteiger partial charge in [-0.1, -0.05) is 19.1 Å². The molecule has 0 radical (unpaired) electrons. The van der Waals surface area contributed by atoms with E-state index in [4.69, 9.17) is 0 Å². The largest absolute Gasteiger partial charge is 0.321 e. The van der Waals surface area contributed by atoms with Crippen LogP contribution in [0.5, 0.6) is 0 Å². The van der Waals surface area contributed by atoms with Crippen LogP contribution >= 0.6 is 11.3 Å². The predicted octanol–water partition coefficient (Wildman–Crippen LogP) is 3.26. The third kappa shape index (κ3) is 3.80. The molecular formula is C16H20N2O3S2. The van der Waals surface area contributed by atoms with Crippen LogP contribution in [0.1, 0.15) is 27.7 Å². The van der Waals surface area contributed by atoms with Crippen molar-refractivity contribution in [2.75, 3.05) is 18.9 Å². The third-order valence-electron chi connectivity index (χ3n) is 3.59. The van der Waals surface area contributed by atoms with E-state index in [1.54, 1.807) is 6.92 Å². The minimum atomic E-state index is -3.53. The molecule has 7 heteroatoms. The Morgan fingerprint density at radius 3 is 2.61 bits per heavy atom. The predicted molar refractivity (Wildman–Crippen MR) is 93.7 cm³/mol. The van der Waals surface area contributed by atoms with Crippen LogP contribution in [0.2, 0.25) is 0 Å². The van der Waals surface area contributed by atoms with Crippen LogP contribution < -0.4 is 5.32 Å². The molecule has 1 aromatic heterocycles. The normalized spacial score (nSPS) is 11.7. The van der Waals surface area contributed by atoms with E-state index < -0.39 is 10.0 Å². The van der Waals surface area contributed by atoms with E-state index in [0.29, 0.717) is 11.4 Å². The molecule has 0 fully saturated rings. The first kappa shape index (κ1) is 17.7. The Labute approximate surface area is 141 Å². The minimum absolute atomic E-state index is 0.151. The average Bonchev–Trinajstić information content (AvgIpc) is 3.00. The molecule has 1 amide bonds. The van der Waals surface area contributed by atoms with Crippen molar-refractivity contribution in [3.8, 4) is 0 Å². The molecule has 2 aromatic rings. The molecule has 1 N–H and O–H groups in total. The Morgan fingerprint density at radius 2 is 1.96 bits per heavy atom. The number of hydrogen-bond donors (Lipinski definition) is 1. The molecule has 0 saturated carbocycles. The molecule has 0 unspecified atom stereocenters. The van der Waals surface area contributed by atoms with Gasteiger partial charge < -0.3 is 5.32 Å². The Balaban J connectivity index is 2.24. The van der Waals surface area contributed by atoms with Crippen LogP contribution in [0, 0.1) is 13.8 Å². The van der Waals surface area contributed by atoms with Gasteiger partial charge in [0.2, 0.25) is 10.0 Å². The lowest BCUT2D eigenvalue weighted by Gasteiger charge is -2.13. The van der Waals surface area contributed by atoms with E-state index >= 15 is 0 Å². The zero-order valence-corrected chi connectivity index (χ0v) is 15.2. The zero-order valence-electron chi connectivity index (χ0n) is 13.6. The van der Waals surface area contributed by atoms with E-state index in [1.165, 1.54) is 22.8 Å². The van der Waals surface area contributed by atoms with Crippen LogP contribution in [0.15, 0.2) is 34.5 Å². The van der Waals surface area contributed by atoms with Crippen molar-refractivity contribution in [2.45, 2.75) is 25.7 Å². The molecule has 1 aromatic carbocycles. The summed E-state index contributed by atoms with van der Waals surface area (Å²) in [7, 11) is -2.01. The number of benzene rings is 1. The molecule has 0 spiro atoms. The Morgan fingerprint density at radius 1 is 1.26 bits per heavy atom. The first-order valence-corrected chi connectivity index (χ1v) is 9.51. The van der Waals surface area contributed by atoms with Crippen molar-refractivity contribution in [1.29, 1.82) is 0 Å². The number of thiophene rings is 1. The maximum absolute atomic E-state index is 12.3. The Bertz CT molecular complexity index is 826. The standard InChI is InChI=1S/C16H20N2O3S2/c1-5-18(4)23(20,21)13-9-15(22-10-13)16(19)17-14-8-11(2)6-7-12(14)3/h6-10H,5H2,1-4H3,(H,17,19). The number of sulfonamides is 1. The summed E-state index contributed by atoms with van der Waals surface area (Å²) in [5, 5.41) is 4.34. The highest BCUT2D eigenvalue weighted by Crippen LogP contribution is 2.24. The summed E-state index contributed by atoms with van der Waals surface area (Å²) in [6.07, 6.45) is 0. The highest BCUT2D eigenvalue weighted by molar-refractivity contribution is 7.89. The van der Waals surface area contributed by atoms with Gasteiger partial charge in [0.25, 0.3) is 5.91 Å². The molecule has 0 saturated heterocycles. The van der Waals surface area contributed by atoms with E-state index in [2.05, 4.69) is 5.32 Å². The molecule has 0 aliphatic heterocycles. The number of aryl methyl sites for hydroxylation is 2. The van der Waals surface area contributed by atoms with Crippen LogP contribution in [0.25, 0.3) is 0 Å². The fourth-order valence-electron chi connectivity index (χ4n) is 1.98. The number of carbonyl (C=O) groups is 1. The van der Waals surface area contributed by atoms with E-state index in [0.717, 1.165) is 28.2 Å². The number of anilines is 1. The van der Waals surface area contributed by atoms with E-state index in [9.17, 15) is 13.2 Å². The average molecular weight is 352 g/mol. The van der Waals surface area contributed by atoms with E-state index in [1.807, 2.05) is 32.0 Å². The molecule has 5 nitrogen and oxygen atoms in total. The zero-order chi connectivity index (χ0) is 17.2. The summed E-state index contributed by atoms with van der Waals surface area (Å²) in [5.74, 6) is -0.302. The Kier molecular flexibility index (Phi) is 5.23. The molecule has 0 aliphatic carbocycles. The van der Waals surface area contributed by atoms with Crippen molar-refractivity contribution in [3.05, 3.63) is 45.6 Å². The Hall–Kier alpha value is -1.70. The minimum Gasteiger partial charge on any atom is -0.321 e. The molecule has 0 bridgehead atoms. The number of rotatable bonds is 5. The first-order valence-electron chi connectivity index (χ1n) is 7.19. The van der Waals surface area contributed by atoms with Crippen LogP contribution in [0.3, 0.4) is 0 Å². The summed E-state index contributed by atoms with van der Waals surface area (Å²) in [6, 6.07) is 7.23. The van der Waals surface area contributed by atoms with Gasteiger partial charge in [-0.3, -0.25) is 4.79 Å². The van der Waals surface area contributed by atoms with Gasteiger partial charge in [-0.15, -0.1) is 11.3 Å². The van der Waals surface area contributed by atoms with Crippen molar-refractivity contribution in [3.63, 3.8) is 0 Å². The number of amides is 1. The van der Waals surface area contributed by atoms with Crippen molar-refractivity contribution < 1.29 is 13.2 Å². The summed E-state index contributed by atoms with van der Waals surface area (Å²) in [4.78, 5) is 12.9. The molecule has 23 heavy (non-hydrogen) atoms. The van der Waals surface area contributed by atoms with Gasteiger partial charge in [-0.25, -0.2) is 12.7 Å². The highest BCUT2D eigenvalue weighted by Gasteiger charge is 2.22. The van der Waals surface area contributed by atoms with Gasteiger partial charge in [0, 0.05) is 24.7 Å². The second-order valence-corrected chi connectivity index (χ2v) is 8.29. The van der Waals surface area contributed by atoms with Crippen LogP contribution in [-0.2, 0) is 10.0 Å². The fraction of sp³-hybridized carbons (Fsp3) is 0.312. The third-order valence-corrected chi connectivity index (χ3v) is 6.58. The van der Waals surface area contributed by atoms with Gasteiger partial charge in [0.05, 0.1) is 9.77 Å². The number of hydrogen-bond acceptors (Lipinski definition) is 4. The SMILES string of the molecule is CCN(C)S(=O)(=O)c1csc(C(=O)Nc2cc(C)ccc2C)c1. The van der Waals surface area contributed by atoms with Crippen molar-refractivity contribution in [2.24, 2.45) is 0 Å². The van der Waals surface area contributed by atoms with E-state index in [-0.39, 0.29) is 10.8 Å². The van der Waals surface area contributed by atoms with Crippen LogP contribution in [-0.4, -0.2) is 32.2 Å². The molecule has 1 heterocycles. The number of carbonyl (C=O) groups excluding carboxylic acids is 1. The molecule has 2 rings (SSSR count). The van der Waals surface area contributed by atoms with Gasteiger partial charge >= 0.3 is 0 Å².